The molecule has 0 bridgehead atoms. The zero-order valence-corrected chi connectivity index (χ0v) is 17.0. The molecule has 0 saturated heterocycles. The Balaban J connectivity index is 1.70. The van der Waals surface area contributed by atoms with E-state index in [2.05, 4.69) is 93.5 Å². The summed E-state index contributed by atoms with van der Waals surface area (Å²) in [6.07, 6.45) is 7.42. The monoisotopic (exact) mass is 359 g/mol. The number of nitrogens with zero attached hydrogens (tertiary/aromatic N) is 2. The van der Waals surface area contributed by atoms with Crippen molar-refractivity contribution in [3.8, 4) is 0 Å². The van der Waals surface area contributed by atoms with Crippen molar-refractivity contribution in [2.75, 3.05) is 0 Å². The number of rotatable bonds is 4. The van der Waals surface area contributed by atoms with E-state index < -0.39 is 0 Å². The summed E-state index contributed by atoms with van der Waals surface area (Å²) in [7, 11) is 0. The van der Waals surface area contributed by atoms with Crippen molar-refractivity contribution in [2.45, 2.75) is 52.4 Å². The summed E-state index contributed by atoms with van der Waals surface area (Å²) in [6.45, 7) is 11.4. The second kappa shape index (κ2) is 6.56. The van der Waals surface area contributed by atoms with E-state index in [1.165, 1.54) is 33.1 Å². The van der Waals surface area contributed by atoms with Gasteiger partial charge in [0, 0.05) is 28.9 Å². The molecule has 1 aromatic carbocycles. The molecule has 1 atom stereocenters. The summed E-state index contributed by atoms with van der Waals surface area (Å²) in [5.74, 6) is 1.03. The fourth-order valence-electron chi connectivity index (χ4n) is 4.08. The van der Waals surface area contributed by atoms with Crippen LogP contribution in [0.1, 0.15) is 57.2 Å². The van der Waals surface area contributed by atoms with Gasteiger partial charge in [-0.1, -0.05) is 58.9 Å². The van der Waals surface area contributed by atoms with Crippen molar-refractivity contribution in [3.63, 3.8) is 0 Å². The van der Waals surface area contributed by atoms with Crippen molar-refractivity contribution in [3.05, 3.63) is 71.7 Å². The minimum atomic E-state index is 0.105. The molecule has 3 heteroatoms. The summed E-state index contributed by atoms with van der Waals surface area (Å²) >= 11 is 0. The van der Waals surface area contributed by atoms with Gasteiger partial charge in [-0.2, -0.15) is 5.10 Å². The lowest BCUT2D eigenvalue weighted by molar-refractivity contribution is 0.497. The Morgan fingerprint density at radius 2 is 1.85 bits per heavy atom. The van der Waals surface area contributed by atoms with Crippen molar-refractivity contribution in [2.24, 2.45) is 5.92 Å². The van der Waals surface area contributed by atoms with Gasteiger partial charge in [-0.05, 0) is 46.9 Å². The number of hydrogen-bond acceptors (Lipinski definition) is 1. The number of aromatic amines is 1. The molecule has 4 rings (SSSR count). The van der Waals surface area contributed by atoms with E-state index in [1.54, 1.807) is 0 Å². The first-order valence-corrected chi connectivity index (χ1v) is 9.87. The molecule has 1 unspecified atom stereocenters. The highest BCUT2D eigenvalue weighted by atomic mass is 15.2. The fourth-order valence-corrected chi connectivity index (χ4v) is 4.08. The van der Waals surface area contributed by atoms with Crippen LogP contribution in [0.2, 0.25) is 0 Å². The minimum Gasteiger partial charge on any atom is -0.361 e. The molecule has 3 aromatic heterocycles. The number of H-pyrrole nitrogens is 1. The molecule has 140 valence electrons. The average Bonchev–Trinajstić information content (AvgIpc) is 3.23. The van der Waals surface area contributed by atoms with Gasteiger partial charge in [-0.25, -0.2) is 4.52 Å². The number of hydrogen-bond donors (Lipinski definition) is 1. The molecule has 0 aliphatic carbocycles. The quantitative estimate of drug-likeness (QED) is 0.469. The molecule has 0 radical (unpaired) electrons. The predicted molar refractivity (Wildman–Crippen MR) is 113 cm³/mol. The molecule has 0 spiro atoms. The topological polar surface area (TPSA) is 33.1 Å². The van der Waals surface area contributed by atoms with E-state index in [4.69, 9.17) is 0 Å². The lowest BCUT2D eigenvalue weighted by atomic mass is 9.83. The van der Waals surface area contributed by atoms with Crippen LogP contribution in [0.15, 0.2) is 55.0 Å². The largest absolute Gasteiger partial charge is 0.361 e. The van der Waals surface area contributed by atoms with Crippen LogP contribution in [0.5, 0.6) is 0 Å². The zero-order valence-electron chi connectivity index (χ0n) is 17.0. The molecular formula is C24H29N3. The number of aromatic nitrogens is 3. The highest BCUT2D eigenvalue weighted by Crippen LogP contribution is 2.34. The summed E-state index contributed by atoms with van der Waals surface area (Å²) in [6, 6.07) is 13.1. The third-order valence-electron chi connectivity index (χ3n) is 5.67. The van der Waals surface area contributed by atoms with Crippen LogP contribution in [0.25, 0.3) is 16.4 Å². The maximum atomic E-state index is 4.62. The first-order valence-electron chi connectivity index (χ1n) is 9.87. The molecule has 0 amide bonds. The second-order valence-corrected chi connectivity index (χ2v) is 9.02. The van der Waals surface area contributed by atoms with Crippen LogP contribution < -0.4 is 0 Å². The average molecular weight is 360 g/mol. The molecule has 0 aliphatic heterocycles. The maximum Gasteiger partial charge on any atom is 0.0699 e. The first kappa shape index (κ1) is 17.8. The van der Waals surface area contributed by atoms with Crippen LogP contribution in [0.4, 0.5) is 0 Å². The van der Waals surface area contributed by atoms with Crippen LogP contribution in [0.3, 0.4) is 0 Å². The molecule has 0 fully saturated rings. The van der Waals surface area contributed by atoms with Gasteiger partial charge in [-0.3, -0.25) is 0 Å². The van der Waals surface area contributed by atoms with Gasteiger partial charge in [0.25, 0.3) is 0 Å². The van der Waals surface area contributed by atoms with E-state index in [0.29, 0.717) is 11.8 Å². The van der Waals surface area contributed by atoms with Gasteiger partial charge in [0.15, 0.2) is 0 Å². The molecular weight excluding hydrogens is 330 g/mol. The number of fused-ring (bicyclic) bond motifs is 2. The van der Waals surface area contributed by atoms with Gasteiger partial charge in [0.05, 0.1) is 11.7 Å². The third kappa shape index (κ3) is 3.27. The van der Waals surface area contributed by atoms with Crippen LogP contribution in [0, 0.1) is 5.92 Å². The van der Waals surface area contributed by atoms with E-state index in [1.807, 2.05) is 10.7 Å². The Kier molecular flexibility index (Phi) is 4.33. The van der Waals surface area contributed by atoms with Crippen molar-refractivity contribution < 1.29 is 0 Å². The predicted octanol–water partition coefficient (Wildman–Crippen LogP) is 6.10. The third-order valence-corrected chi connectivity index (χ3v) is 5.67. The highest BCUT2D eigenvalue weighted by Gasteiger charge is 2.22. The summed E-state index contributed by atoms with van der Waals surface area (Å²) < 4.78 is 2.04. The van der Waals surface area contributed by atoms with Gasteiger partial charge in [0.1, 0.15) is 0 Å². The molecule has 27 heavy (non-hydrogen) atoms. The molecule has 0 saturated carbocycles. The molecule has 3 nitrogen and oxygen atoms in total. The fraction of sp³-hybridized carbons (Fsp3) is 0.375. The number of benzene rings is 1. The SMILES string of the molecule is CC(C)C(Cc1ccc2c(C(C)(C)C)cnn2c1)c1c[nH]c2ccccc12. The lowest BCUT2D eigenvalue weighted by Crippen LogP contribution is -2.11. The standard InChI is InChI=1S/C24H29N3/c1-16(2)19(20-13-25-22-9-7-6-8-18(20)22)12-17-10-11-23-21(24(3,4)5)14-26-27(23)15-17/h6-11,13-16,19,25H,12H2,1-5H3. The molecule has 0 aliphatic rings. The zero-order chi connectivity index (χ0) is 19.2. The number of nitrogens with one attached hydrogen (secondary N) is 1. The summed E-state index contributed by atoms with van der Waals surface area (Å²) in [5.41, 5.74) is 6.57. The van der Waals surface area contributed by atoms with E-state index in [9.17, 15) is 0 Å². The number of pyridine rings is 1. The molecule has 3 heterocycles. The number of para-hydroxylation sites is 1. The van der Waals surface area contributed by atoms with Crippen molar-refractivity contribution >= 4 is 16.4 Å². The van der Waals surface area contributed by atoms with Crippen molar-refractivity contribution in [1.82, 2.24) is 14.6 Å². The minimum absolute atomic E-state index is 0.105. The van der Waals surface area contributed by atoms with Crippen LogP contribution in [-0.4, -0.2) is 14.6 Å². The maximum absolute atomic E-state index is 4.62. The second-order valence-electron chi connectivity index (χ2n) is 9.02. The normalized spacial score (nSPS) is 13.7. The van der Waals surface area contributed by atoms with Crippen LogP contribution in [-0.2, 0) is 11.8 Å². The smallest absolute Gasteiger partial charge is 0.0699 e. The Labute approximate surface area is 161 Å². The Morgan fingerprint density at radius 1 is 1.07 bits per heavy atom. The van der Waals surface area contributed by atoms with E-state index in [-0.39, 0.29) is 5.41 Å². The van der Waals surface area contributed by atoms with E-state index in [0.717, 1.165) is 6.42 Å². The summed E-state index contributed by atoms with van der Waals surface area (Å²) in [4.78, 5) is 3.44. The van der Waals surface area contributed by atoms with Gasteiger partial charge < -0.3 is 4.98 Å². The Hall–Kier alpha value is -2.55. The van der Waals surface area contributed by atoms with Gasteiger partial charge in [0.2, 0.25) is 0 Å². The molecule has 4 aromatic rings. The van der Waals surface area contributed by atoms with Gasteiger partial charge >= 0.3 is 0 Å². The van der Waals surface area contributed by atoms with Gasteiger partial charge in [-0.15, -0.1) is 0 Å². The Morgan fingerprint density at radius 3 is 2.59 bits per heavy atom. The van der Waals surface area contributed by atoms with E-state index >= 15 is 0 Å². The lowest BCUT2D eigenvalue weighted by Gasteiger charge is -2.21. The van der Waals surface area contributed by atoms with Crippen LogP contribution >= 0.6 is 0 Å². The first-order chi connectivity index (χ1) is 12.8. The summed E-state index contributed by atoms with van der Waals surface area (Å²) in [5, 5.41) is 5.96. The highest BCUT2D eigenvalue weighted by molar-refractivity contribution is 5.83. The Bertz CT molecular complexity index is 1080. The van der Waals surface area contributed by atoms with Crippen molar-refractivity contribution in [1.29, 1.82) is 0 Å². The molecule has 1 N–H and O–H groups in total.